The number of hydroxylamine groups is 2. The zero-order valence-electron chi connectivity index (χ0n) is 6.34. The van der Waals surface area contributed by atoms with Gasteiger partial charge in [-0.05, 0) is 19.8 Å². The average molecular weight is 139 g/mol. The van der Waals surface area contributed by atoms with Gasteiger partial charge in [-0.2, -0.15) is 0 Å². The van der Waals surface area contributed by atoms with Crippen LogP contribution in [-0.2, 0) is 4.84 Å². The number of hydrogen-bond donors (Lipinski definition) is 0. The summed E-state index contributed by atoms with van der Waals surface area (Å²) in [6.45, 7) is 9.46. The molecule has 1 atom stereocenters. The first kappa shape index (κ1) is 7.19. The first-order chi connectivity index (χ1) is 4.75. The van der Waals surface area contributed by atoms with Crippen LogP contribution >= 0.6 is 0 Å². The summed E-state index contributed by atoms with van der Waals surface area (Å²) in [4.78, 5) is 5.12. The number of allylic oxidation sites excluding steroid dienone is 1. The summed E-state index contributed by atoms with van der Waals surface area (Å²) < 4.78 is 0. The van der Waals surface area contributed by atoms with Gasteiger partial charge in [-0.25, -0.2) is 5.06 Å². The van der Waals surface area contributed by atoms with E-state index in [0.717, 1.165) is 18.5 Å². The van der Waals surface area contributed by atoms with Crippen molar-refractivity contribution in [2.75, 3.05) is 0 Å². The van der Waals surface area contributed by atoms with Crippen molar-refractivity contribution >= 4 is 0 Å². The van der Waals surface area contributed by atoms with Gasteiger partial charge in [0.1, 0.15) is 6.26 Å². The Balaban J connectivity index is 2.53. The Bertz CT molecular complexity index is 153. The molecule has 1 aliphatic rings. The second-order valence-corrected chi connectivity index (χ2v) is 2.55. The fraction of sp³-hybridized carbons (Fsp3) is 0.500. The lowest BCUT2D eigenvalue weighted by atomic mass is 10.2. The molecule has 2 nitrogen and oxygen atoms in total. The highest BCUT2D eigenvalue weighted by Crippen LogP contribution is 2.25. The Morgan fingerprint density at radius 3 is 2.90 bits per heavy atom. The molecule has 2 heteroatoms. The Hall–Kier alpha value is -0.920. The van der Waals surface area contributed by atoms with Crippen LogP contribution in [0.4, 0.5) is 0 Å². The van der Waals surface area contributed by atoms with Crippen molar-refractivity contribution in [2.24, 2.45) is 0 Å². The van der Waals surface area contributed by atoms with Crippen LogP contribution in [-0.4, -0.2) is 11.1 Å². The molecule has 0 aromatic heterocycles. The summed E-state index contributed by atoms with van der Waals surface area (Å²) in [7, 11) is 0. The normalized spacial score (nSPS) is 25.1. The standard InChI is InChI=1S/C8H13NO/c1-4-10-9-7(2)5-6-8(9)3/h4,8H,1-2,5-6H2,3H3. The minimum Gasteiger partial charge on any atom is -0.388 e. The average Bonchev–Trinajstić information content (AvgIpc) is 2.20. The van der Waals surface area contributed by atoms with E-state index < -0.39 is 0 Å². The molecular weight excluding hydrogens is 126 g/mol. The molecule has 0 radical (unpaired) electrons. The molecular formula is C8H13NO. The van der Waals surface area contributed by atoms with Gasteiger partial charge in [0.25, 0.3) is 0 Å². The van der Waals surface area contributed by atoms with Crippen molar-refractivity contribution < 1.29 is 4.84 Å². The lowest BCUT2D eigenvalue weighted by molar-refractivity contribution is -0.0825. The second kappa shape index (κ2) is 2.78. The molecule has 56 valence electrons. The highest BCUT2D eigenvalue weighted by Gasteiger charge is 2.23. The smallest absolute Gasteiger partial charge is 0.112 e. The Morgan fingerprint density at radius 2 is 2.50 bits per heavy atom. The largest absolute Gasteiger partial charge is 0.388 e. The number of hydrogen-bond acceptors (Lipinski definition) is 2. The van der Waals surface area contributed by atoms with E-state index in [9.17, 15) is 0 Å². The summed E-state index contributed by atoms with van der Waals surface area (Å²) in [6.07, 6.45) is 3.61. The van der Waals surface area contributed by atoms with Crippen molar-refractivity contribution in [1.29, 1.82) is 0 Å². The molecule has 0 N–H and O–H groups in total. The molecule has 0 aromatic rings. The molecule has 1 aliphatic heterocycles. The minimum absolute atomic E-state index is 0.450. The van der Waals surface area contributed by atoms with Gasteiger partial charge in [0, 0.05) is 5.70 Å². The van der Waals surface area contributed by atoms with Gasteiger partial charge >= 0.3 is 0 Å². The van der Waals surface area contributed by atoms with Gasteiger partial charge in [-0.3, -0.25) is 0 Å². The van der Waals surface area contributed by atoms with Crippen LogP contribution in [0.5, 0.6) is 0 Å². The molecule has 1 heterocycles. The fourth-order valence-corrected chi connectivity index (χ4v) is 1.17. The Labute approximate surface area is 61.7 Å². The molecule has 10 heavy (non-hydrogen) atoms. The summed E-state index contributed by atoms with van der Waals surface area (Å²) in [5.74, 6) is 0. The molecule has 1 fully saturated rings. The van der Waals surface area contributed by atoms with Crippen molar-refractivity contribution in [2.45, 2.75) is 25.8 Å². The van der Waals surface area contributed by atoms with Gasteiger partial charge in [0.05, 0.1) is 6.04 Å². The highest BCUT2D eigenvalue weighted by molar-refractivity contribution is 4.99. The fourth-order valence-electron chi connectivity index (χ4n) is 1.17. The Morgan fingerprint density at radius 1 is 1.80 bits per heavy atom. The Kier molecular flexibility index (Phi) is 2.00. The van der Waals surface area contributed by atoms with Crippen molar-refractivity contribution in [3.63, 3.8) is 0 Å². The zero-order valence-corrected chi connectivity index (χ0v) is 6.34. The molecule has 0 aliphatic carbocycles. The first-order valence-electron chi connectivity index (χ1n) is 3.50. The SMILES string of the molecule is C=CON1C(=C)CCC1C. The van der Waals surface area contributed by atoms with Crippen molar-refractivity contribution in [3.05, 3.63) is 25.1 Å². The minimum atomic E-state index is 0.450. The van der Waals surface area contributed by atoms with Crippen LogP contribution in [0.25, 0.3) is 0 Å². The van der Waals surface area contributed by atoms with Gasteiger partial charge in [0.2, 0.25) is 0 Å². The molecule has 1 rings (SSSR count). The monoisotopic (exact) mass is 139 g/mol. The lowest BCUT2D eigenvalue weighted by Crippen LogP contribution is -2.22. The maximum absolute atomic E-state index is 5.12. The van der Waals surface area contributed by atoms with Gasteiger partial charge < -0.3 is 4.84 Å². The number of nitrogens with zero attached hydrogens (tertiary/aromatic N) is 1. The molecule has 1 saturated heterocycles. The van der Waals surface area contributed by atoms with Gasteiger partial charge in [-0.15, -0.1) is 0 Å². The van der Waals surface area contributed by atoms with Crippen LogP contribution in [0.15, 0.2) is 25.1 Å². The van der Waals surface area contributed by atoms with Crippen molar-refractivity contribution in [3.8, 4) is 0 Å². The molecule has 0 spiro atoms. The van der Waals surface area contributed by atoms with E-state index >= 15 is 0 Å². The first-order valence-corrected chi connectivity index (χ1v) is 3.50. The second-order valence-electron chi connectivity index (χ2n) is 2.55. The molecule has 0 aromatic carbocycles. The summed E-state index contributed by atoms with van der Waals surface area (Å²) >= 11 is 0. The summed E-state index contributed by atoms with van der Waals surface area (Å²) in [5, 5.41) is 1.81. The zero-order chi connectivity index (χ0) is 7.56. The van der Waals surface area contributed by atoms with Crippen LogP contribution in [0.3, 0.4) is 0 Å². The highest BCUT2D eigenvalue weighted by atomic mass is 16.7. The van der Waals surface area contributed by atoms with Crippen LogP contribution in [0.2, 0.25) is 0 Å². The number of rotatable bonds is 2. The van der Waals surface area contributed by atoms with Crippen molar-refractivity contribution in [1.82, 2.24) is 5.06 Å². The lowest BCUT2D eigenvalue weighted by Gasteiger charge is -2.21. The van der Waals surface area contributed by atoms with E-state index in [1.165, 1.54) is 6.26 Å². The van der Waals surface area contributed by atoms with E-state index in [2.05, 4.69) is 20.1 Å². The third-order valence-corrected chi connectivity index (χ3v) is 1.75. The topological polar surface area (TPSA) is 12.5 Å². The molecule has 0 saturated carbocycles. The van der Waals surface area contributed by atoms with Crippen LogP contribution in [0, 0.1) is 0 Å². The van der Waals surface area contributed by atoms with Crippen LogP contribution in [0.1, 0.15) is 19.8 Å². The maximum Gasteiger partial charge on any atom is 0.112 e. The van der Waals surface area contributed by atoms with Gasteiger partial charge in [-0.1, -0.05) is 13.2 Å². The van der Waals surface area contributed by atoms with E-state index in [1.807, 2.05) is 5.06 Å². The third-order valence-electron chi connectivity index (χ3n) is 1.75. The maximum atomic E-state index is 5.12. The van der Waals surface area contributed by atoms with E-state index in [4.69, 9.17) is 4.84 Å². The quantitative estimate of drug-likeness (QED) is 0.543. The predicted molar refractivity (Wildman–Crippen MR) is 41.0 cm³/mol. The van der Waals surface area contributed by atoms with E-state index in [1.54, 1.807) is 0 Å². The summed E-state index contributed by atoms with van der Waals surface area (Å²) in [5.41, 5.74) is 1.05. The van der Waals surface area contributed by atoms with Gasteiger partial charge in [0.15, 0.2) is 0 Å². The third kappa shape index (κ3) is 1.15. The molecule has 0 amide bonds. The van der Waals surface area contributed by atoms with E-state index in [0.29, 0.717) is 6.04 Å². The van der Waals surface area contributed by atoms with E-state index in [-0.39, 0.29) is 0 Å². The predicted octanol–water partition coefficient (Wildman–Crippen LogP) is 2.06. The molecule has 0 bridgehead atoms. The molecule has 1 unspecified atom stereocenters. The summed E-state index contributed by atoms with van der Waals surface area (Å²) in [6, 6.07) is 0.450. The van der Waals surface area contributed by atoms with Crippen LogP contribution < -0.4 is 0 Å².